The number of hydrogen-bond acceptors (Lipinski definition) is 4. The molecule has 1 amide bonds. The Balaban J connectivity index is 1.87. The molecule has 0 bridgehead atoms. The molecule has 0 saturated heterocycles. The summed E-state index contributed by atoms with van der Waals surface area (Å²) in [5.41, 5.74) is 1.37. The zero-order valence-electron chi connectivity index (χ0n) is 11.1. The number of rotatable bonds is 3. The van der Waals surface area contributed by atoms with E-state index in [-0.39, 0.29) is 5.91 Å². The summed E-state index contributed by atoms with van der Waals surface area (Å²) in [5, 5.41) is 5.76. The summed E-state index contributed by atoms with van der Waals surface area (Å²) in [6, 6.07) is 8.99. The molecule has 0 radical (unpaired) electrons. The fraction of sp³-hybridized carbons (Fsp3) is 0.0667. The summed E-state index contributed by atoms with van der Waals surface area (Å²) in [6.45, 7) is 1.76. The number of halogens is 1. The van der Waals surface area contributed by atoms with Crippen molar-refractivity contribution in [1.82, 2.24) is 4.98 Å². The number of thiazole rings is 1. The van der Waals surface area contributed by atoms with Gasteiger partial charge in [0.2, 0.25) is 0 Å². The minimum atomic E-state index is -0.230. The zero-order valence-corrected chi connectivity index (χ0v) is 12.7. The molecule has 106 valence electrons. The predicted octanol–water partition coefficient (Wildman–Crippen LogP) is 4.62. The lowest BCUT2D eigenvalue weighted by Crippen LogP contribution is -2.11. The van der Waals surface area contributed by atoms with E-state index in [2.05, 4.69) is 10.3 Å². The first kappa shape index (κ1) is 13.9. The Morgan fingerprint density at radius 3 is 2.76 bits per heavy atom. The van der Waals surface area contributed by atoms with Gasteiger partial charge in [-0.2, -0.15) is 0 Å². The van der Waals surface area contributed by atoms with Crippen molar-refractivity contribution in [2.75, 3.05) is 5.32 Å². The van der Waals surface area contributed by atoms with Gasteiger partial charge in [0.15, 0.2) is 5.13 Å². The normalized spacial score (nSPS) is 10.6. The molecule has 0 unspecified atom stereocenters. The van der Waals surface area contributed by atoms with Crippen molar-refractivity contribution in [2.24, 2.45) is 0 Å². The van der Waals surface area contributed by atoms with Crippen LogP contribution in [-0.2, 0) is 0 Å². The number of aromatic nitrogens is 1. The highest BCUT2D eigenvalue weighted by atomic mass is 35.5. The highest BCUT2D eigenvalue weighted by molar-refractivity contribution is 7.13. The second kappa shape index (κ2) is 5.71. The fourth-order valence-corrected chi connectivity index (χ4v) is 2.56. The zero-order chi connectivity index (χ0) is 14.8. The van der Waals surface area contributed by atoms with Crippen molar-refractivity contribution >= 4 is 34.0 Å². The van der Waals surface area contributed by atoms with Gasteiger partial charge in [0.25, 0.3) is 5.91 Å². The van der Waals surface area contributed by atoms with Crippen molar-refractivity contribution in [3.8, 4) is 11.3 Å². The van der Waals surface area contributed by atoms with Crippen LogP contribution in [-0.4, -0.2) is 10.9 Å². The molecule has 4 nitrogen and oxygen atoms in total. The standard InChI is InChI=1S/C15H11ClN2O2S/c1-9-12(14(19)18-15-17-6-7-21-15)8-13(20-9)10-2-4-11(16)5-3-10/h2-8H,1H3,(H,17,18,19). The van der Waals surface area contributed by atoms with Gasteiger partial charge in [-0.15, -0.1) is 11.3 Å². The van der Waals surface area contributed by atoms with E-state index in [0.29, 0.717) is 27.2 Å². The van der Waals surface area contributed by atoms with Crippen molar-refractivity contribution in [1.29, 1.82) is 0 Å². The Morgan fingerprint density at radius 1 is 1.33 bits per heavy atom. The molecule has 1 aromatic carbocycles. The number of hydrogen-bond donors (Lipinski definition) is 1. The van der Waals surface area contributed by atoms with Gasteiger partial charge in [-0.25, -0.2) is 4.98 Å². The maximum Gasteiger partial charge on any atom is 0.261 e. The van der Waals surface area contributed by atoms with E-state index in [0.717, 1.165) is 5.56 Å². The van der Waals surface area contributed by atoms with Gasteiger partial charge in [0.1, 0.15) is 11.5 Å². The predicted molar refractivity (Wildman–Crippen MR) is 84.0 cm³/mol. The highest BCUT2D eigenvalue weighted by Gasteiger charge is 2.16. The third-order valence-electron chi connectivity index (χ3n) is 2.94. The Labute approximate surface area is 130 Å². The van der Waals surface area contributed by atoms with Crippen LogP contribution in [0.15, 0.2) is 46.3 Å². The molecule has 3 aromatic rings. The van der Waals surface area contributed by atoms with Gasteiger partial charge in [0, 0.05) is 22.2 Å². The molecule has 2 heterocycles. The molecule has 0 fully saturated rings. The maximum absolute atomic E-state index is 12.2. The molecule has 0 atom stereocenters. The average Bonchev–Trinajstić information content (AvgIpc) is 3.09. The number of nitrogens with zero attached hydrogens (tertiary/aromatic N) is 1. The van der Waals surface area contributed by atoms with E-state index < -0.39 is 0 Å². The molecular weight excluding hydrogens is 308 g/mol. The lowest BCUT2D eigenvalue weighted by atomic mass is 10.1. The van der Waals surface area contributed by atoms with Gasteiger partial charge in [-0.1, -0.05) is 11.6 Å². The number of nitrogens with one attached hydrogen (secondary N) is 1. The third-order valence-corrected chi connectivity index (χ3v) is 3.88. The van der Waals surface area contributed by atoms with Crippen molar-refractivity contribution in [3.05, 3.63) is 58.3 Å². The Bertz CT molecular complexity index is 764. The summed E-state index contributed by atoms with van der Waals surface area (Å²) in [6.07, 6.45) is 1.64. The maximum atomic E-state index is 12.2. The number of carbonyl (C=O) groups is 1. The number of benzene rings is 1. The van der Waals surface area contributed by atoms with Gasteiger partial charge >= 0.3 is 0 Å². The number of carbonyl (C=O) groups excluding carboxylic acids is 1. The van der Waals surface area contributed by atoms with E-state index >= 15 is 0 Å². The summed E-state index contributed by atoms with van der Waals surface area (Å²) < 4.78 is 5.66. The fourth-order valence-electron chi connectivity index (χ4n) is 1.91. The van der Waals surface area contributed by atoms with E-state index in [1.54, 1.807) is 36.7 Å². The minimum absolute atomic E-state index is 0.230. The van der Waals surface area contributed by atoms with Gasteiger partial charge in [-0.05, 0) is 37.3 Å². The number of aryl methyl sites for hydroxylation is 1. The van der Waals surface area contributed by atoms with Gasteiger partial charge in [0.05, 0.1) is 5.56 Å². The summed E-state index contributed by atoms with van der Waals surface area (Å²) in [4.78, 5) is 16.2. The molecule has 0 aliphatic heterocycles. The van der Waals surface area contributed by atoms with Gasteiger partial charge < -0.3 is 4.42 Å². The van der Waals surface area contributed by atoms with E-state index in [1.807, 2.05) is 12.1 Å². The molecule has 1 N–H and O–H groups in total. The van der Waals surface area contributed by atoms with Crippen LogP contribution in [0.4, 0.5) is 5.13 Å². The summed E-state index contributed by atoms with van der Waals surface area (Å²) >= 11 is 7.23. The first-order valence-corrected chi connectivity index (χ1v) is 7.46. The second-order valence-electron chi connectivity index (χ2n) is 4.38. The molecule has 0 saturated carbocycles. The molecule has 21 heavy (non-hydrogen) atoms. The first-order chi connectivity index (χ1) is 10.1. The van der Waals surface area contributed by atoms with Crippen LogP contribution in [0.25, 0.3) is 11.3 Å². The number of amides is 1. The smallest absolute Gasteiger partial charge is 0.261 e. The topological polar surface area (TPSA) is 55.1 Å². The van der Waals surface area contributed by atoms with Crippen LogP contribution in [0.2, 0.25) is 5.02 Å². The Hall–Kier alpha value is -2.11. The summed E-state index contributed by atoms with van der Waals surface area (Å²) in [5.74, 6) is 0.967. The molecule has 0 spiro atoms. The molecule has 0 aliphatic carbocycles. The lowest BCUT2D eigenvalue weighted by molar-refractivity contribution is 0.102. The Morgan fingerprint density at radius 2 is 2.10 bits per heavy atom. The highest BCUT2D eigenvalue weighted by Crippen LogP contribution is 2.27. The molecule has 2 aromatic heterocycles. The quantitative estimate of drug-likeness (QED) is 0.766. The van der Waals surface area contributed by atoms with Crippen LogP contribution >= 0.6 is 22.9 Å². The third kappa shape index (κ3) is 2.99. The van der Waals surface area contributed by atoms with Crippen molar-refractivity contribution in [2.45, 2.75) is 6.92 Å². The largest absolute Gasteiger partial charge is 0.461 e. The second-order valence-corrected chi connectivity index (χ2v) is 5.71. The lowest BCUT2D eigenvalue weighted by Gasteiger charge is -1.98. The summed E-state index contributed by atoms with van der Waals surface area (Å²) in [7, 11) is 0. The van der Waals surface area contributed by atoms with E-state index in [4.69, 9.17) is 16.0 Å². The molecular formula is C15H11ClN2O2S. The van der Waals surface area contributed by atoms with Crippen LogP contribution < -0.4 is 5.32 Å². The number of furan rings is 1. The van der Waals surface area contributed by atoms with E-state index in [9.17, 15) is 4.79 Å². The molecule has 3 rings (SSSR count). The molecule has 6 heteroatoms. The van der Waals surface area contributed by atoms with Crippen molar-refractivity contribution < 1.29 is 9.21 Å². The van der Waals surface area contributed by atoms with Gasteiger partial charge in [-0.3, -0.25) is 10.1 Å². The number of anilines is 1. The van der Waals surface area contributed by atoms with Crippen LogP contribution in [0.1, 0.15) is 16.1 Å². The first-order valence-electron chi connectivity index (χ1n) is 6.21. The van der Waals surface area contributed by atoms with Crippen LogP contribution in [0.3, 0.4) is 0 Å². The SMILES string of the molecule is Cc1oc(-c2ccc(Cl)cc2)cc1C(=O)Nc1nccs1. The molecule has 0 aliphatic rings. The minimum Gasteiger partial charge on any atom is -0.461 e. The van der Waals surface area contributed by atoms with E-state index in [1.165, 1.54) is 11.3 Å². The Kier molecular flexibility index (Phi) is 3.77. The average molecular weight is 319 g/mol. The van der Waals surface area contributed by atoms with Crippen LogP contribution in [0, 0.1) is 6.92 Å². The van der Waals surface area contributed by atoms with Crippen LogP contribution in [0.5, 0.6) is 0 Å². The monoisotopic (exact) mass is 318 g/mol. The van der Waals surface area contributed by atoms with Crippen molar-refractivity contribution in [3.63, 3.8) is 0 Å².